The van der Waals surface area contributed by atoms with E-state index in [-0.39, 0.29) is 0 Å². The third kappa shape index (κ3) is 2.64. The third-order valence-corrected chi connectivity index (χ3v) is 6.42. The summed E-state index contributed by atoms with van der Waals surface area (Å²) >= 11 is 0. The molecule has 2 heterocycles. The molecule has 0 aliphatic heterocycles. The van der Waals surface area contributed by atoms with Gasteiger partial charge in [0.25, 0.3) is 0 Å². The summed E-state index contributed by atoms with van der Waals surface area (Å²) in [6.45, 7) is 2.25. The van der Waals surface area contributed by atoms with E-state index in [1.54, 1.807) is 6.26 Å². The molecule has 2 heteroatoms. The van der Waals surface area contributed by atoms with Crippen LogP contribution < -0.4 is 0 Å². The lowest BCUT2D eigenvalue weighted by Gasteiger charge is -2.08. The van der Waals surface area contributed by atoms with E-state index in [1.807, 2.05) is 6.07 Å². The van der Waals surface area contributed by atoms with Gasteiger partial charge in [-0.15, -0.1) is 0 Å². The number of hydrogen-bond donors (Lipinski definition) is 0. The van der Waals surface area contributed by atoms with Gasteiger partial charge in [0.1, 0.15) is 16.9 Å². The molecule has 0 unspecified atom stereocenters. The lowest BCUT2D eigenvalue weighted by atomic mass is 9.95. The Morgan fingerprint density at radius 3 is 2.00 bits per heavy atom. The quantitative estimate of drug-likeness (QED) is 0.216. The van der Waals surface area contributed by atoms with Crippen molar-refractivity contribution in [3.8, 4) is 0 Å². The van der Waals surface area contributed by atoms with Crippen LogP contribution in [0, 0.1) is 0 Å². The summed E-state index contributed by atoms with van der Waals surface area (Å²) < 4.78 is 12.1. The van der Waals surface area contributed by atoms with Gasteiger partial charge >= 0.3 is 0 Å². The molecule has 0 saturated carbocycles. The van der Waals surface area contributed by atoms with Crippen molar-refractivity contribution >= 4 is 54.3 Å². The van der Waals surface area contributed by atoms with E-state index in [1.165, 1.54) is 58.0 Å². The second-order valence-corrected chi connectivity index (χ2v) is 8.33. The Labute approximate surface area is 175 Å². The first-order chi connectivity index (χ1) is 14.8. The number of unbranched alkanes of at least 4 members (excludes halogenated alkanes) is 3. The number of rotatable bonds is 5. The highest BCUT2D eigenvalue weighted by atomic mass is 16.3. The molecule has 30 heavy (non-hydrogen) atoms. The van der Waals surface area contributed by atoms with Gasteiger partial charge in [0.15, 0.2) is 0 Å². The van der Waals surface area contributed by atoms with Crippen molar-refractivity contribution in [2.24, 2.45) is 0 Å². The number of furan rings is 2. The van der Waals surface area contributed by atoms with Crippen LogP contribution >= 0.6 is 0 Å². The molecule has 2 nitrogen and oxygen atoms in total. The Bertz CT molecular complexity index is 1530. The van der Waals surface area contributed by atoms with Crippen molar-refractivity contribution < 1.29 is 8.83 Å². The highest BCUT2D eigenvalue weighted by molar-refractivity contribution is 6.23. The Morgan fingerprint density at radius 2 is 1.23 bits per heavy atom. The van der Waals surface area contributed by atoms with Gasteiger partial charge in [-0.25, -0.2) is 0 Å². The average molecular weight is 392 g/mol. The summed E-state index contributed by atoms with van der Waals surface area (Å²) in [5, 5.41) is 9.69. The fraction of sp³-hybridized carbons (Fsp3) is 0.214. The first kappa shape index (κ1) is 17.6. The molecule has 0 N–H and O–H groups in total. The van der Waals surface area contributed by atoms with Crippen LogP contribution in [0.3, 0.4) is 0 Å². The van der Waals surface area contributed by atoms with Crippen molar-refractivity contribution in [2.45, 2.75) is 39.0 Å². The molecule has 0 aliphatic rings. The maximum atomic E-state index is 6.33. The predicted molar refractivity (Wildman–Crippen MR) is 126 cm³/mol. The average Bonchev–Trinajstić information content (AvgIpc) is 3.42. The Hall–Kier alpha value is -3.26. The molecule has 6 aromatic rings. The first-order valence-electron chi connectivity index (χ1n) is 11.0. The highest BCUT2D eigenvalue weighted by Gasteiger charge is 2.12. The van der Waals surface area contributed by atoms with Crippen LogP contribution in [0.4, 0.5) is 0 Å². The molecule has 0 fully saturated rings. The second-order valence-electron chi connectivity index (χ2n) is 8.33. The molecular weight excluding hydrogens is 368 g/mol. The molecule has 0 saturated heterocycles. The summed E-state index contributed by atoms with van der Waals surface area (Å²) in [4.78, 5) is 0. The second kappa shape index (κ2) is 6.91. The van der Waals surface area contributed by atoms with E-state index >= 15 is 0 Å². The van der Waals surface area contributed by atoms with Gasteiger partial charge in [0, 0.05) is 28.0 Å². The minimum absolute atomic E-state index is 0.962. The van der Waals surface area contributed by atoms with E-state index in [4.69, 9.17) is 8.83 Å². The maximum absolute atomic E-state index is 6.33. The monoisotopic (exact) mass is 392 g/mol. The molecule has 0 radical (unpaired) electrons. The standard InChI is InChI=1S/C28H24O2/c1-2-3-4-5-6-20-17-19-8-10-24-22-11-13-25-23(9-7-18-15-16-29-27(18)25)21(22)12-14-26(24)28(19)30-20/h7-17H,2-6H2,1H3. The molecule has 0 bridgehead atoms. The normalized spacial score (nSPS) is 12.2. The van der Waals surface area contributed by atoms with Crippen molar-refractivity contribution in [1.82, 2.24) is 0 Å². The van der Waals surface area contributed by atoms with Gasteiger partial charge in [-0.05, 0) is 52.2 Å². The van der Waals surface area contributed by atoms with Crippen LogP contribution in [-0.2, 0) is 6.42 Å². The number of fused-ring (bicyclic) bond motifs is 9. The van der Waals surface area contributed by atoms with E-state index in [0.717, 1.165) is 34.1 Å². The Morgan fingerprint density at radius 1 is 0.600 bits per heavy atom. The molecule has 0 atom stereocenters. The van der Waals surface area contributed by atoms with Gasteiger partial charge in [-0.3, -0.25) is 0 Å². The predicted octanol–water partition coefficient (Wildman–Crippen LogP) is 8.76. The van der Waals surface area contributed by atoms with Gasteiger partial charge < -0.3 is 8.83 Å². The zero-order chi connectivity index (χ0) is 20.1. The summed E-state index contributed by atoms with van der Waals surface area (Å²) in [6.07, 6.45) is 7.82. The van der Waals surface area contributed by atoms with E-state index in [9.17, 15) is 0 Å². The fourth-order valence-electron chi connectivity index (χ4n) is 4.86. The SMILES string of the molecule is CCCCCCc1cc2ccc3c4ccc5c(ccc6ccoc65)c4ccc3c2o1. The van der Waals surface area contributed by atoms with Gasteiger partial charge in [-0.1, -0.05) is 62.6 Å². The zero-order valence-electron chi connectivity index (χ0n) is 17.2. The van der Waals surface area contributed by atoms with Crippen LogP contribution in [0.2, 0.25) is 0 Å². The van der Waals surface area contributed by atoms with Gasteiger partial charge in [0.2, 0.25) is 0 Å². The summed E-state index contributed by atoms with van der Waals surface area (Å²) in [5.74, 6) is 1.10. The fourth-order valence-corrected chi connectivity index (χ4v) is 4.86. The maximum Gasteiger partial charge on any atom is 0.142 e. The molecule has 0 spiro atoms. The summed E-state index contributed by atoms with van der Waals surface area (Å²) in [7, 11) is 0. The van der Waals surface area contributed by atoms with E-state index in [0.29, 0.717) is 0 Å². The number of benzene rings is 4. The van der Waals surface area contributed by atoms with Crippen LogP contribution in [0.25, 0.3) is 54.3 Å². The lowest BCUT2D eigenvalue weighted by Crippen LogP contribution is -1.82. The van der Waals surface area contributed by atoms with Crippen LogP contribution in [0.1, 0.15) is 38.4 Å². The minimum atomic E-state index is 0.962. The van der Waals surface area contributed by atoms with Crippen molar-refractivity contribution in [3.63, 3.8) is 0 Å². The van der Waals surface area contributed by atoms with Crippen molar-refractivity contribution in [2.75, 3.05) is 0 Å². The Balaban J connectivity index is 1.53. The first-order valence-corrected chi connectivity index (χ1v) is 11.0. The molecule has 0 aliphatic carbocycles. The van der Waals surface area contributed by atoms with Crippen molar-refractivity contribution in [3.05, 3.63) is 72.7 Å². The molecule has 0 amide bonds. The minimum Gasteiger partial charge on any atom is -0.464 e. The van der Waals surface area contributed by atoms with Crippen LogP contribution in [0.5, 0.6) is 0 Å². The molecule has 2 aromatic heterocycles. The van der Waals surface area contributed by atoms with E-state index < -0.39 is 0 Å². The number of aryl methyl sites for hydroxylation is 1. The lowest BCUT2D eigenvalue weighted by molar-refractivity contribution is 0.529. The summed E-state index contributed by atoms with van der Waals surface area (Å²) in [5.41, 5.74) is 1.98. The molecular formula is C28H24O2. The Kier molecular flexibility index (Phi) is 4.05. The smallest absolute Gasteiger partial charge is 0.142 e. The third-order valence-electron chi connectivity index (χ3n) is 6.42. The van der Waals surface area contributed by atoms with Crippen molar-refractivity contribution in [1.29, 1.82) is 0 Å². The van der Waals surface area contributed by atoms with Gasteiger partial charge in [-0.2, -0.15) is 0 Å². The van der Waals surface area contributed by atoms with Crippen LogP contribution in [-0.4, -0.2) is 0 Å². The molecule has 148 valence electrons. The van der Waals surface area contributed by atoms with E-state index in [2.05, 4.69) is 61.5 Å². The summed E-state index contributed by atoms with van der Waals surface area (Å²) in [6, 6.07) is 21.9. The zero-order valence-corrected chi connectivity index (χ0v) is 17.2. The topological polar surface area (TPSA) is 26.3 Å². The van der Waals surface area contributed by atoms with Gasteiger partial charge in [0.05, 0.1) is 6.26 Å². The largest absolute Gasteiger partial charge is 0.464 e. The molecule has 4 aromatic carbocycles. The number of hydrogen-bond acceptors (Lipinski definition) is 2. The highest BCUT2D eigenvalue weighted by Crippen LogP contribution is 2.37. The van der Waals surface area contributed by atoms with Crippen LogP contribution in [0.15, 0.2) is 75.8 Å². The molecule has 6 rings (SSSR count).